The summed E-state index contributed by atoms with van der Waals surface area (Å²) in [7, 11) is 1.86. The Morgan fingerprint density at radius 3 is 2.67 bits per heavy atom. The number of thiazole rings is 1. The Labute approximate surface area is 92.4 Å². The van der Waals surface area contributed by atoms with Gasteiger partial charge in [0.2, 0.25) is 0 Å². The number of hydrogen-bond donors (Lipinski definition) is 1. The monoisotopic (exact) mass is 220 g/mol. The molecule has 0 aliphatic rings. The lowest BCUT2D eigenvalue weighted by atomic mass is 10.2. The third-order valence-corrected chi connectivity index (χ3v) is 2.87. The Kier molecular flexibility index (Phi) is 2.64. The van der Waals surface area contributed by atoms with Crippen molar-refractivity contribution in [1.82, 2.24) is 15.0 Å². The minimum Gasteiger partial charge on any atom is -0.373 e. The van der Waals surface area contributed by atoms with Gasteiger partial charge < -0.3 is 5.32 Å². The predicted molar refractivity (Wildman–Crippen MR) is 62.2 cm³/mol. The van der Waals surface area contributed by atoms with Gasteiger partial charge >= 0.3 is 0 Å². The van der Waals surface area contributed by atoms with Gasteiger partial charge in [0.1, 0.15) is 11.5 Å². The van der Waals surface area contributed by atoms with Crippen LogP contribution in [0.3, 0.4) is 0 Å². The van der Waals surface area contributed by atoms with E-state index in [1.54, 1.807) is 16.8 Å². The van der Waals surface area contributed by atoms with E-state index in [1.807, 2.05) is 26.3 Å². The number of anilines is 1. The van der Waals surface area contributed by atoms with Crippen LogP contribution in [0.4, 0.5) is 5.82 Å². The van der Waals surface area contributed by atoms with E-state index in [0.717, 1.165) is 22.8 Å². The van der Waals surface area contributed by atoms with Crippen LogP contribution in [0.2, 0.25) is 0 Å². The first-order valence-electron chi connectivity index (χ1n) is 4.64. The zero-order chi connectivity index (χ0) is 10.8. The van der Waals surface area contributed by atoms with Crippen LogP contribution >= 0.6 is 11.3 Å². The number of nitrogens with one attached hydrogen (secondary N) is 1. The fourth-order valence-electron chi connectivity index (χ4n) is 1.31. The summed E-state index contributed by atoms with van der Waals surface area (Å²) in [6, 6.07) is 0. The SMILES string of the molecule is CNc1nc(-c2cscn2)nc(C)c1C. The van der Waals surface area contributed by atoms with Gasteiger partial charge in [-0.25, -0.2) is 15.0 Å². The minimum atomic E-state index is 0.684. The molecule has 0 atom stereocenters. The van der Waals surface area contributed by atoms with E-state index in [9.17, 15) is 0 Å². The zero-order valence-corrected chi connectivity index (χ0v) is 9.72. The second-order valence-electron chi connectivity index (χ2n) is 3.23. The molecule has 0 amide bonds. The van der Waals surface area contributed by atoms with Crippen LogP contribution in [0.15, 0.2) is 10.9 Å². The highest BCUT2D eigenvalue weighted by molar-refractivity contribution is 7.07. The van der Waals surface area contributed by atoms with Crippen molar-refractivity contribution in [3.05, 3.63) is 22.1 Å². The summed E-state index contributed by atoms with van der Waals surface area (Å²) in [4.78, 5) is 13.0. The highest BCUT2D eigenvalue weighted by Crippen LogP contribution is 2.20. The van der Waals surface area contributed by atoms with Gasteiger partial charge in [-0.2, -0.15) is 0 Å². The van der Waals surface area contributed by atoms with Crippen molar-refractivity contribution >= 4 is 17.2 Å². The van der Waals surface area contributed by atoms with Crippen LogP contribution in [-0.4, -0.2) is 22.0 Å². The second kappa shape index (κ2) is 3.94. The maximum atomic E-state index is 4.42. The Bertz CT molecular complexity index is 465. The topological polar surface area (TPSA) is 50.7 Å². The normalized spacial score (nSPS) is 10.3. The highest BCUT2D eigenvalue weighted by Gasteiger charge is 2.09. The molecule has 1 N–H and O–H groups in total. The summed E-state index contributed by atoms with van der Waals surface area (Å²) in [6.45, 7) is 3.99. The van der Waals surface area contributed by atoms with Crippen molar-refractivity contribution in [2.75, 3.05) is 12.4 Å². The van der Waals surface area contributed by atoms with Gasteiger partial charge in [0, 0.05) is 23.7 Å². The molecule has 15 heavy (non-hydrogen) atoms. The first-order chi connectivity index (χ1) is 7.22. The number of aryl methyl sites for hydroxylation is 1. The van der Waals surface area contributed by atoms with E-state index in [-0.39, 0.29) is 0 Å². The van der Waals surface area contributed by atoms with Gasteiger partial charge in [0.25, 0.3) is 0 Å². The third kappa shape index (κ3) is 1.83. The van der Waals surface area contributed by atoms with E-state index in [4.69, 9.17) is 0 Å². The molecule has 0 saturated carbocycles. The molecule has 0 aliphatic carbocycles. The molecule has 0 spiro atoms. The maximum absolute atomic E-state index is 4.42. The summed E-state index contributed by atoms with van der Waals surface area (Å²) in [5.41, 5.74) is 4.68. The van der Waals surface area contributed by atoms with Crippen molar-refractivity contribution < 1.29 is 0 Å². The lowest BCUT2D eigenvalue weighted by Crippen LogP contribution is -2.02. The molecular formula is C10H12N4S. The van der Waals surface area contributed by atoms with Gasteiger partial charge in [-0.05, 0) is 13.8 Å². The average molecular weight is 220 g/mol. The number of rotatable bonds is 2. The third-order valence-electron chi connectivity index (χ3n) is 2.29. The Morgan fingerprint density at radius 2 is 2.07 bits per heavy atom. The van der Waals surface area contributed by atoms with Gasteiger partial charge in [-0.1, -0.05) is 0 Å². The van der Waals surface area contributed by atoms with Gasteiger partial charge in [0.15, 0.2) is 5.82 Å². The zero-order valence-electron chi connectivity index (χ0n) is 8.90. The van der Waals surface area contributed by atoms with Gasteiger partial charge in [0.05, 0.1) is 5.51 Å². The molecule has 2 aromatic rings. The van der Waals surface area contributed by atoms with Gasteiger partial charge in [-0.3, -0.25) is 0 Å². The molecule has 0 radical (unpaired) electrons. The molecular weight excluding hydrogens is 208 g/mol. The van der Waals surface area contributed by atoms with Crippen molar-refractivity contribution in [1.29, 1.82) is 0 Å². The first kappa shape index (κ1) is 10.0. The summed E-state index contributed by atoms with van der Waals surface area (Å²) < 4.78 is 0. The number of nitrogens with zero attached hydrogens (tertiary/aromatic N) is 3. The molecule has 0 bridgehead atoms. The van der Waals surface area contributed by atoms with Crippen molar-refractivity contribution in [3.8, 4) is 11.5 Å². The molecule has 0 aliphatic heterocycles. The van der Waals surface area contributed by atoms with E-state index in [1.165, 1.54) is 0 Å². The van der Waals surface area contributed by atoms with Crippen LogP contribution in [0.5, 0.6) is 0 Å². The van der Waals surface area contributed by atoms with Crippen molar-refractivity contribution in [2.24, 2.45) is 0 Å². The Morgan fingerprint density at radius 1 is 1.27 bits per heavy atom. The van der Waals surface area contributed by atoms with E-state index in [2.05, 4.69) is 20.3 Å². The summed E-state index contributed by atoms with van der Waals surface area (Å²) in [6.07, 6.45) is 0. The fraction of sp³-hybridized carbons (Fsp3) is 0.300. The smallest absolute Gasteiger partial charge is 0.181 e. The molecule has 0 saturated heterocycles. The van der Waals surface area contributed by atoms with Crippen LogP contribution in [-0.2, 0) is 0 Å². The number of hydrogen-bond acceptors (Lipinski definition) is 5. The van der Waals surface area contributed by atoms with Crippen molar-refractivity contribution in [3.63, 3.8) is 0 Å². The molecule has 5 heteroatoms. The molecule has 0 unspecified atom stereocenters. The molecule has 78 valence electrons. The van der Waals surface area contributed by atoms with Crippen LogP contribution in [0.25, 0.3) is 11.5 Å². The molecule has 2 heterocycles. The largest absolute Gasteiger partial charge is 0.373 e. The predicted octanol–water partition coefficient (Wildman–Crippen LogP) is 2.26. The van der Waals surface area contributed by atoms with Crippen LogP contribution in [0, 0.1) is 13.8 Å². The Balaban J connectivity index is 2.55. The van der Waals surface area contributed by atoms with Crippen molar-refractivity contribution in [2.45, 2.75) is 13.8 Å². The fourth-order valence-corrected chi connectivity index (χ4v) is 1.84. The lowest BCUT2D eigenvalue weighted by molar-refractivity contribution is 1.06. The lowest BCUT2D eigenvalue weighted by Gasteiger charge is -2.08. The Hall–Kier alpha value is -1.49. The average Bonchev–Trinajstić information content (AvgIpc) is 2.75. The highest BCUT2D eigenvalue weighted by atomic mass is 32.1. The van der Waals surface area contributed by atoms with Crippen LogP contribution < -0.4 is 5.32 Å². The molecule has 0 aromatic carbocycles. The second-order valence-corrected chi connectivity index (χ2v) is 3.95. The number of aromatic nitrogens is 3. The first-order valence-corrected chi connectivity index (χ1v) is 5.58. The summed E-state index contributed by atoms with van der Waals surface area (Å²) in [5, 5.41) is 5.01. The summed E-state index contributed by atoms with van der Waals surface area (Å²) in [5.74, 6) is 1.55. The minimum absolute atomic E-state index is 0.684. The van der Waals surface area contributed by atoms with Crippen LogP contribution in [0.1, 0.15) is 11.3 Å². The maximum Gasteiger partial charge on any atom is 0.181 e. The molecule has 0 fully saturated rings. The molecule has 4 nitrogen and oxygen atoms in total. The van der Waals surface area contributed by atoms with E-state index >= 15 is 0 Å². The van der Waals surface area contributed by atoms with E-state index < -0.39 is 0 Å². The van der Waals surface area contributed by atoms with Gasteiger partial charge in [-0.15, -0.1) is 11.3 Å². The summed E-state index contributed by atoms with van der Waals surface area (Å²) >= 11 is 1.55. The molecule has 2 aromatic heterocycles. The standard InChI is InChI=1S/C10H12N4S/c1-6-7(2)13-10(14-9(6)11-3)8-4-15-5-12-8/h4-5H,1-3H3,(H,11,13,14). The quantitative estimate of drug-likeness (QED) is 0.843. The molecule has 2 rings (SSSR count). The van der Waals surface area contributed by atoms with E-state index in [0.29, 0.717) is 5.82 Å².